The lowest BCUT2D eigenvalue weighted by atomic mass is 10.1. The summed E-state index contributed by atoms with van der Waals surface area (Å²) >= 11 is 3.50. The molecule has 2 unspecified atom stereocenters. The Labute approximate surface area is 136 Å². The van der Waals surface area contributed by atoms with Crippen LogP contribution in [0.1, 0.15) is 33.6 Å². The molecule has 2 nitrogen and oxygen atoms in total. The number of nitrogens with one attached hydrogen (secondary N) is 1. The van der Waals surface area contributed by atoms with E-state index in [1.165, 1.54) is 23.6 Å². The van der Waals surface area contributed by atoms with Gasteiger partial charge in [0.05, 0.1) is 0 Å². The SMILES string of the molecule is CCCC(C)NCC(C)Oc1ccc2cc(Br)ccc2c1. The summed E-state index contributed by atoms with van der Waals surface area (Å²) in [4.78, 5) is 0. The standard InChI is InChI=1S/C18H24BrNO/c1-4-5-13(2)20-12-14(3)21-18-9-7-15-10-17(19)8-6-16(15)11-18/h6-11,13-14,20H,4-5,12H2,1-3H3. The van der Waals surface area contributed by atoms with Crippen LogP contribution in [0.4, 0.5) is 0 Å². The van der Waals surface area contributed by atoms with Crippen LogP contribution in [0.5, 0.6) is 5.75 Å². The molecule has 0 aromatic heterocycles. The molecule has 0 radical (unpaired) electrons. The molecule has 0 heterocycles. The molecule has 0 saturated carbocycles. The lowest BCUT2D eigenvalue weighted by Gasteiger charge is -2.19. The van der Waals surface area contributed by atoms with E-state index >= 15 is 0 Å². The topological polar surface area (TPSA) is 21.3 Å². The van der Waals surface area contributed by atoms with Gasteiger partial charge in [-0.3, -0.25) is 0 Å². The van der Waals surface area contributed by atoms with Crippen LogP contribution in [-0.2, 0) is 0 Å². The fourth-order valence-corrected chi connectivity index (χ4v) is 2.82. The number of ether oxygens (including phenoxy) is 1. The van der Waals surface area contributed by atoms with Gasteiger partial charge in [-0.25, -0.2) is 0 Å². The Morgan fingerprint density at radius 2 is 1.81 bits per heavy atom. The molecule has 0 spiro atoms. The first-order valence-corrected chi connectivity index (χ1v) is 8.47. The molecule has 0 bridgehead atoms. The average Bonchev–Trinajstić information content (AvgIpc) is 2.46. The lowest BCUT2D eigenvalue weighted by molar-refractivity contribution is 0.211. The molecule has 0 aliphatic rings. The predicted molar refractivity (Wildman–Crippen MR) is 94.1 cm³/mol. The Balaban J connectivity index is 1.94. The van der Waals surface area contributed by atoms with Crippen molar-refractivity contribution in [3.05, 3.63) is 40.9 Å². The normalized spacial score (nSPS) is 14.1. The summed E-state index contributed by atoms with van der Waals surface area (Å²) in [5.41, 5.74) is 0. The van der Waals surface area contributed by atoms with E-state index in [1.807, 2.05) is 6.07 Å². The van der Waals surface area contributed by atoms with Crippen molar-refractivity contribution in [2.45, 2.75) is 45.8 Å². The maximum absolute atomic E-state index is 6.01. The molecule has 2 atom stereocenters. The molecule has 2 aromatic carbocycles. The fraction of sp³-hybridized carbons (Fsp3) is 0.444. The third-order valence-corrected chi connectivity index (χ3v) is 4.08. The van der Waals surface area contributed by atoms with E-state index < -0.39 is 0 Å². The van der Waals surface area contributed by atoms with Crippen molar-refractivity contribution >= 4 is 26.7 Å². The van der Waals surface area contributed by atoms with Gasteiger partial charge in [-0.1, -0.05) is 41.4 Å². The number of benzene rings is 2. The molecule has 0 saturated heterocycles. The monoisotopic (exact) mass is 349 g/mol. The second-order valence-electron chi connectivity index (χ2n) is 5.68. The van der Waals surface area contributed by atoms with Crippen molar-refractivity contribution in [1.29, 1.82) is 0 Å². The minimum atomic E-state index is 0.164. The summed E-state index contributed by atoms with van der Waals surface area (Å²) in [6, 6.07) is 13.1. The lowest BCUT2D eigenvalue weighted by Crippen LogP contribution is -2.34. The molecule has 0 amide bonds. The van der Waals surface area contributed by atoms with Gasteiger partial charge in [0.1, 0.15) is 11.9 Å². The second-order valence-corrected chi connectivity index (χ2v) is 6.60. The summed E-state index contributed by atoms with van der Waals surface area (Å²) in [6.07, 6.45) is 2.58. The zero-order valence-corrected chi connectivity index (χ0v) is 14.6. The number of halogens is 1. The zero-order chi connectivity index (χ0) is 15.2. The molecule has 114 valence electrons. The van der Waals surface area contributed by atoms with Crippen molar-refractivity contribution < 1.29 is 4.74 Å². The Bertz CT molecular complexity index is 584. The summed E-state index contributed by atoms with van der Waals surface area (Å²) in [6.45, 7) is 7.42. The van der Waals surface area contributed by atoms with Gasteiger partial charge >= 0.3 is 0 Å². The molecular weight excluding hydrogens is 326 g/mol. The Morgan fingerprint density at radius 1 is 1.10 bits per heavy atom. The maximum atomic E-state index is 6.01. The van der Waals surface area contributed by atoms with E-state index in [1.54, 1.807) is 0 Å². The smallest absolute Gasteiger partial charge is 0.120 e. The van der Waals surface area contributed by atoms with Gasteiger partial charge < -0.3 is 10.1 Å². The molecule has 0 aliphatic carbocycles. The maximum Gasteiger partial charge on any atom is 0.120 e. The zero-order valence-electron chi connectivity index (χ0n) is 13.0. The Kier molecular flexibility index (Phi) is 6.07. The third-order valence-electron chi connectivity index (χ3n) is 3.59. The Hall–Kier alpha value is -1.06. The van der Waals surface area contributed by atoms with Gasteiger partial charge in [-0.05, 0) is 55.3 Å². The van der Waals surface area contributed by atoms with Crippen molar-refractivity contribution in [2.75, 3.05) is 6.54 Å². The predicted octanol–water partition coefficient (Wildman–Crippen LogP) is 5.15. The highest BCUT2D eigenvalue weighted by Gasteiger charge is 2.07. The highest BCUT2D eigenvalue weighted by molar-refractivity contribution is 9.10. The van der Waals surface area contributed by atoms with Crippen molar-refractivity contribution in [1.82, 2.24) is 5.32 Å². The van der Waals surface area contributed by atoms with E-state index in [2.05, 4.69) is 72.3 Å². The number of hydrogen-bond donors (Lipinski definition) is 1. The average molecular weight is 350 g/mol. The van der Waals surface area contributed by atoms with Gasteiger partial charge in [-0.2, -0.15) is 0 Å². The molecule has 3 heteroatoms. The first-order chi connectivity index (χ1) is 10.1. The molecule has 0 fully saturated rings. The van der Waals surface area contributed by atoms with Crippen molar-refractivity contribution in [3.8, 4) is 5.75 Å². The summed E-state index contributed by atoms with van der Waals surface area (Å²) in [7, 11) is 0. The van der Waals surface area contributed by atoms with Crippen LogP contribution in [0.15, 0.2) is 40.9 Å². The first kappa shape index (κ1) is 16.3. The van der Waals surface area contributed by atoms with E-state index in [0.717, 1.165) is 16.8 Å². The van der Waals surface area contributed by atoms with Crippen LogP contribution < -0.4 is 10.1 Å². The minimum absolute atomic E-state index is 0.164. The van der Waals surface area contributed by atoms with Crippen LogP contribution in [0.2, 0.25) is 0 Å². The van der Waals surface area contributed by atoms with Crippen molar-refractivity contribution in [2.24, 2.45) is 0 Å². The van der Waals surface area contributed by atoms with Crippen molar-refractivity contribution in [3.63, 3.8) is 0 Å². The van der Waals surface area contributed by atoms with Gasteiger partial charge in [0, 0.05) is 17.1 Å². The summed E-state index contributed by atoms with van der Waals surface area (Å²) < 4.78 is 7.11. The second kappa shape index (κ2) is 7.81. The number of rotatable bonds is 7. The molecule has 2 aromatic rings. The highest BCUT2D eigenvalue weighted by atomic mass is 79.9. The molecular formula is C18H24BrNO. The molecule has 21 heavy (non-hydrogen) atoms. The van der Waals surface area contributed by atoms with E-state index in [0.29, 0.717) is 6.04 Å². The van der Waals surface area contributed by atoms with Crippen LogP contribution in [0.3, 0.4) is 0 Å². The van der Waals surface area contributed by atoms with Gasteiger partial charge in [0.2, 0.25) is 0 Å². The van der Waals surface area contributed by atoms with Crippen LogP contribution in [0.25, 0.3) is 10.8 Å². The number of hydrogen-bond acceptors (Lipinski definition) is 2. The quantitative estimate of drug-likeness (QED) is 0.746. The highest BCUT2D eigenvalue weighted by Crippen LogP contribution is 2.24. The summed E-state index contributed by atoms with van der Waals surface area (Å²) in [5, 5.41) is 5.94. The van der Waals surface area contributed by atoms with Gasteiger partial charge in [0.25, 0.3) is 0 Å². The first-order valence-electron chi connectivity index (χ1n) is 7.68. The fourth-order valence-electron chi connectivity index (χ4n) is 2.44. The third kappa shape index (κ3) is 5.01. The largest absolute Gasteiger partial charge is 0.489 e. The van der Waals surface area contributed by atoms with Crippen LogP contribution in [0, 0.1) is 0 Å². The molecule has 1 N–H and O–H groups in total. The summed E-state index contributed by atoms with van der Waals surface area (Å²) in [5.74, 6) is 0.933. The van der Waals surface area contributed by atoms with Crippen LogP contribution in [-0.4, -0.2) is 18.7 Å². The van der Waals surface area contributed by atoms with E-state index in [4.69, 9.17) is 4.74 Å². The minimum Gasteiger partial charge on any atom is -0.489 e. The Morgan fingerprint density at radius 3 is 2.57 bits per heavy atom. The molecule has 2 rings (SSSR count). The van der Waals surface area contributed by atoms with Gasteiger partial charge in [-0.15, -0.1) is 0 Å². The molecule has 0 aliphatic heterocycles. The van der Waals surface area contributed by atoms with E-state index in [9.17, 15) is 0 Å². The van der Waals surface area contributed by atoms with Crippen LogP contribution >= 0.6 is 15.9 Å². The van der Waals surface area contributed by atoms with E-state index in [-0.39, 0.29) is 6.10 Å². The van der Waals surface area contributed by atoms with Gasteiger partial charge in [0.15, 0.2) is 0 Å². The number of fused-ring (bicyclic) bond motifs is 1.